The Morgan fingerprint density at radius 1 is 1.19 bits per heavy atom. The van der Waals surface area contributed by atoms with Crippen LogP contribution >= 0.6 is 31.9 Å². The van der Waals surface area contributed by atoms with E-state index in [1.807, 2.05) is 0 Å². The monoisotopic (exact) mass is 410 g/mol. The maximum atomic E-state index is 12.2. The number of hydrogen-bond acceptors (Lipinski definition) is 2. The number of H-pyrrole nitrogens is 1. The predicted octanol–water partition coefficient (Wildman–Crippen LogP) is 3.54. The number of imidazole rings is 1. The number of hydrogen-bond donors (Lipinski definition) is 2. The van der Waals surface area contributed by atoms with Crippen LogP contribution in [-0.4, -0.2) is 20.6 Å². The molecule has 2 N–H and O–H groups in total. The maximum absolute atomic E-state index is 12.2. The average Bonchev–Trinajstić information content (AvgIpc) is 2.74. The zero-order valence-electron chi connectivity index (χ0n) is 10.4. The number of halogens is 2. The van der Waals surface area contributed by atoms with E-state index in [9.17, 15) is 14.7 Å². The van der Waals surface area contributed by atoms with Gasteiger partial charge < -0.3 is 10.1 Å². The third kappa shape index (κ3) is 2.32. The van der Waals surface area contributed by atoms with E-state index in [1.165, 1.54) is 10.6 Å². The molecule has 3 aromatic rings. The average molecular weight is 412 g/mol. The van der Waals surface area contributed by atoms with Crippen LogP contribution in [0.25, 0.3) is 16.7 Å². The van der Waals surface area contributed by atoms with Crippen molar-refractivity contribution in [1.29, 1.82) is 0 Å². The molecule has 0 saturated heterocycles. The second kappa shape index (κ2) is 5.16. The third-order valence-electron chi connectivity index (χ3n) is 3.09. The summed E-state index contributed by atoms with van der Waals surface area (Å²) in [7, 11) is 0. The van der Waals surface area contributed by atoms with Crippen LogP contribution in [0.15, 0.2) is 50.1 Å². The highest BCUT2D eigenvalue weighted by Gasteiger charge is 2.17. The van der Waals surface area contributed by atoms with Gasteiger partial charge in [0.05, 0.1) is 22.3 Å². The van der Waals surface area contributed by atoms with Crippen LogP contribution in [-0.2, 0) is 0 Å². The van der Waals surface area contributed by atoms with Crippen molar-refractivity contribution in [2.45, 2.75) is 0 Å². The van der Waals surface area contributed by atoms with Gasteiger partial charge in [-0.1, -0.05) is 22.0 Å². The molecule has 106 valence electrons. The van der Waals surface area contributed by atoms with Crippen LogP contribution in [0.5, 0.6) is 0 Å². The Labute approximate surface area is 135 Å². The number of nitrogens with one attached hydrogen (secondary N) is 1. The quantitative estimate of drug-likeness (QED) is 0.677. The molecule has 0 radical (unpaired) electrons. The maximum Gasteiger partial charge on any atom is 0.337 e. The zero-order valence-corrected chi connectivity index (χ0v) is 13.6. The molecule has 0 aliphatic heterocycles. The minimum Gasteiger partial charge on any atom is -0.478 e. The molecule has 21 heavy (non-hydrogen) atoms. The molecule has 0 atom stereocenters. The summed E-state index contributed by atoms with van der Waals surface area (Å²) in [5.41, 5.74) is 1.08. The van der Waals surface area contributed by atoms with Crippen molar-refractivity contribution in [3.05, 3.63) is 61.4 Å². The molecule has 0 saturated carbocycles. The number of nitrogens with zero attached hydrogens (tertiary/aromatic N) is 1. The minimum absolute atomic E-state index is 0.0701. The number of rotatable bonds is 2. The zero-order chi connectivity index (χ0) is 15.1. The Morgan fingerprint density at radius 3 is 2.62 bits per heavy atom. The van der Waals surface area contributed by atoms with E-state index in [-0.39, 0.29) is 11.3 Å². The molecule has 0 aliphatic rings. The van der Waals surface area contributed by atoms with Crippen LogP contribution < -0.4 is 5.69 Å². The molecule has 0 aliphatic carbocycles. The Balaban J connectivity index is 2.45. The van der Waals surface area contributed by atoms with Crippen molar-refractivity contribution in [2.24, 2.45) is 0 Å². The van der Waals surface area contributed by atoms with E-state index in [4.69, 9.17) is 0 Å². The number of carboxylic acids is 1. The molecule has 0 bridgehead atoms. The van der Waals surface area contributed by atoms with Crippen molar-refractivity contribution in [2.75, 3.05) is 0 Å². The highest BCUT2D eigenvalue weighted by molar-refractivity contribution is 9.11. The first-order valence-corrected chi connectivity index (χ1v) is 7.50. The third-order valence-corrected chi connectivity index (χ3v) is 4.21. The van der Waals surface area contributed by atoms with Gasteiger partial charge in [-0.05, 0) is 46.3 Å². The molecular formula is C14H8Br2N2O3. The van der Waals surface area contributed by atoms with Gasteiger partial charge in [-0.25, -0.2) is 9.59 Å². The minimum atomic E-state index is -1.08. The number of para-hydroxylation sites is 1. The summed E-state index contributed by atoms with van der Waals surface area (Å²) in [6.45, 7) is 0. The lowest BCUT2D eigenvalue weighted by molar-refractivity contribution is 0.0698. The van der Waals surface area contributed by atoms with Gasteiger partial charge in [-0.2, -0.15) is 0 Å². The van der Waals surface area contributed by atoms with Crippen molar-refractivity contribution in [3.63, 3.8) is 0 Å². The second-order valence-electron chi connectivity index (χ2n) is 4.37. The first kappa shape index (κ1) is 14.1. The van der Waals surface area contributed by atoms with Crippen molar-refractivity contribution in [3.8, 4) is 5.69 Å². The fourth-order valence-corrected chi connectivity index (χ4v) is 3.45. The van der Waals surface area contributed by atoms with Crippen LogP contribution in [0.4, 0.5) is 0 Å². The van der Waals surface area contributed by atoms with Crippen LogP contribution in [0.1, 0.15) is 10.4 Å². The van der Waals surface area contributed by atoms with Gasteiger partial charge in [0.15, 0.2) is 0 Å². The van der Waals surface area contributed by atoms with E-state index in [2.05, 4.69) is 36.8 Å². The molecule has 0 unspecified atom stereocenters. The van der Waals surface area contributed by atoms with Gasteiger partial charge in [-0.15, -0.1) is 0 Å². The molecule has 5 nitrogen and oxygen atoms in total. The van der Waals surface area contributed by atoms with Crippen LogP contribution in [0.3, 0.4) is 0 Å². The Hall–Kier alpha value is -1.86. The first-order valence-electron chi connectivity index (χ1n) is 5.91. The summed E-state index contributed by atoms with van der Waals surface area (Å²) in [6, 6.07) is 10.1. The number of carbonyl (C=O) groups is 1. The summed E-state index contributed by atoms with van der Waals surface area (Å²) >= 11 is 6.75. The van der Waals surface area contributed by atoms with Crippen LogP contribution in [0, 0.1) is 0 Å². The van der Waals surface area contributed by atoms with Gasteiger partial charge in [0, 0.05) is 8.95 Å². The molecule has 0 amide bonds. The number of aromatic nitrogens is 2. The summed E-state index contributed by atoms with van der Waals surface area (Å²) in [4.78, 5) is 26.3. The van der Waals surface area contributed by atoms with Gasteiger partial charge in [0.25, 0.3) is 0 Å². The van der Waals surface area contributed by atoms with Gasteiger partial charge >= 0.3 is 11.7 Å². The lowest BCUT2D eigenvalue weighted by Gasteiger charge is -2.08. The topological polar surface area (TPSA) is 75.1 Å². The fraction of sp³-hybridized carbons (Fsp3) is 0. The molecule has 2 aromatic carbocycles. The molecule has 0 spiro atoms. The van der Waals surface area contributed by atoms with Gasteiger partial charge in [0.2, 0.25) is 0 Å². The molecule has 3 rings (SSSR count). The van der Waals surface area contributed by atoms with Crippen molar-refractivity contribution < 1.29 is 9.90 Å². The summed E-state index contributed by atoms with van der Waals surface area (Å²) in [5, 5.41) is 9.33. The number of carboxylic acid groups (broad SMARTS) is 1. The Morgan fingerprint density at radius 2 is 1.95 bits per heavy atom. The molecule has 0 fully saturated rings. The molecule has 7 heteroatoms. The van der Waals surface area contributed by atoms with E-state index >= 15 is 0 Å². The predicted molar refractivity (Wildman–Crippen MR) is 86.3 cm³/mol. The molecular weight excluding hydrogens is 404 g/mol. The highest BCUT2D eigenvalue weighted by atomic mass is 79.9. The number of aromatic amines is 1. The molecule has 1 aromatic heterocycles. The number of benzene rings is 2. The van der Waals surface area contributed by atoms with E-state index in [0.717, 1.165) is 4.47 Å². The largest absolute Gasteiger partial charge is 0.478 e. The number of fused-ring (bicyclic) bond motifs is 1. The number of aromatic carboxylic acids is 1. The fourth-order valence-electron chi connectivity index (χ4n) is 2.22. The van der Waals surface area contributed by atoms with Crippen molar-refractivity contribution >= 4 is 48.9 Å². The second-order valence-corrected chi connectivity index (χ2v) is 6.14. The summed E-state index contributed by atoms with van der Waals surface area (Å²) in [6.07, 6.45) is 0. The normalized spacial score (nSPS) is 11.0. The van der Waals surface area contributed by atoms with E-state index < -0.39 is 5.97 Å². The highest BCUT2D eigenvalue weighted by Crippen LogP contribution is 2.27. The first-order chi connectivity index (χ1) is 9.99. The van der Waals surface area contributed by atoms with E-state index in [0.29, 0.717) is 21.2 Å². The molecule has 1 heterocycles. The van der Waals surface area contributed by atoms with E-state index in [1.54, 1.807) is 30.3 Å². The summed E-state index contributed by atoms with van der Waals surface area (Å²) < 4.78 is 2.89. The standard InChI is InChI=1S/C14H8Br2N2O3/c15-7-4-5-11(9(16)6-7)18-12-8(13(19)20)2-1-3-10(12)17-14(18)21/h1-6H,(H,17,21)(H,19,20). The SMILES string of the molecule is O=C(O)c1cccc2[nH]c(=O)n(-c3ccc(Br)cc3Br)c12. The smallest absolute Gasteiger partial charge is 0.337 e. The Kier molecular flexibility index (Phi) is 3.46. The van der Waals surface area contributed by atoms with Crippen LogP contribution in [0.2, 0.25) is 0 Å². The van der Waals surface area contributed by atoms with Crippen molar-refractivity contribution in [1.82, 2.24) is 9.55 Å². The van der Waals surface area contributed by atoms with Gasteiger partial charge in [0.1, 0.15) is 0 Å². The van der Waals surface area contributed by atoms with Gasteiger partial charge in [-0.3, -0.25) is 4.57 Å². The lowest BCUT2D eigenvalue weighted by atomic mass is 10.2. The summed E-state index contributed by atoms with van der Waals surface area (Å²) in [5.74, 6) is -1.08. The lowest BCUT2D eigenvalue weighted by Crippen LogP contribution is -2.16. The Bertz CT molecular complexity index is 928.